The van der Waals surface area contributed by atoms with Crippen LogP contribution in [0.5, 0.6) is 0 Å². The maximum atomic E-state index is 12.1. The van der Waals surface area contributed by atoms with E-state index < -0.39 is 15.7 Å². The zero-order chi connectivity index (χ0) is 17.0. The molecule has 0 spiro atoms. The first-order chi connectivity index (χ1) is 11.5. The van der Waals surface area contributed by atoms with Crippen molar-refractivity contribution in [3.05, 3.63) is 48.2 Å². The minimum atomic E-state index is -3.03. The van der Waals surface area contributed by atoms with E-state index in [2.05, 4.69) is 25.6 Å². The number of sulfone groups is 1. The van der Waals surface area contributed by atoms with Crippen LogP contribution in [0.25, 0.3) is 0 Å². The normalized spacial score (nSPS) is 18.9. The standard InChI is InChI=1S/C15H17N5O3S/c21-15(20-12-3-6-24(22,23)10-12)13-8-19-14(9-17-13)18-7-11-1-4-16-5-2-11/h1-2,4-5,8-9,12H,3,6-7,10H2,(H,18,19)(H,20,21). The van der Waals surface area contributed by atoms with E-state index in [4.69, 9.17) is 0 Å². The summed E-state index contributed by atoms with van der Waals surface area (Å²) in [5.74, 6) is 0.233. The number of carbonyl (C=O) groups is 1. The second-order valence-electron chi connectivity index (χ2n) is 5.57. The SMILES string of the molecule is O=C(NC1CCS(=O)(=O)C1)c1cnc(NCc2ccncc2)cn1. The summed E-state index contributed by atoms with van der Waals surface area (Å²) in [6.07, 6.45) is 6.70. The van der Waals surface area contributed by atoms with Gasteiger partial charge in [-0.1, -0.05) is 0 Å². The third kappa shape index (κ3) is 4.25. The lowest BCUT2D eigenvalue weighted by Gasteiger charge is -2.10. The molecular formula is C15H17N5O3S. The molecule has 1 atom stereocenters. The van der Waals surface area contributed by atoms with E-state index in [1.807, 2.05) is 12.1 Å². The van der Waals surface area contributed by atoms with Crippen molar-refractivity contribution in [3.8, 4) is 0 Å². The Bertz CT molecular complexity index is 809. The van der Waals surface area contributed by atoms with Crippen molar-refractivity contribution >= 4 is 21.6 Å². The highest BCUT2D eigenvalue weighted by molar-refractivity contribution is 7.91. The van der Waals surface area contributed by atoms with Crippen LogP contribution >= 0.6 is 0 Å². The van der Waals surface area contributed by atoms with Gasteiger partial charge in [0.25, 0.3) is 5.91 Å². The Balaban J connectivity index is 1.55. The lowest BCUT2D eigenvalue weighted by molar-refractivity contribution is 0.0935. The molecule has 0 saturated carbocycles. The summed E-state index contributed by atoms with van der Waals surface area (Å²) in [5.41, 5.74) is 1.21. The van der Waals surface area contributed by atoms with Crippen molar-refractivity contribution < 1.29 is 13.2 Å². The van der Waals surface area contributed by atoms with Gasteiger partial charge in [-0.05, 0) is 24.1 Å². The Kier molecular flexibility index (Phi) is 4.70. The number of nitrogens with one attached hydrogen (secondary N) is 2. The predicted molar refractivity (Wildman–Crippen MR) is 88.1 cm³/mol. The molecule has 8 nitrogen and oxygen atoms in total. The molecule has 3 heterocycles. The fraction of sp³-hybridized carbons (Fsp3) is 0.333. The van der Waals surface area contributed by atoms with Crippen LogP contribution in [0.4, 0.5) is 5.82 Å². The van der Waals surface area contributed by atoms with Crippen LogP contribution in [0, 0.1) is 0 Å². The van der Waals surface area contributed by atoms with E-state index in [-0.39, 0.29) is 23.2 Å². The summed E-state index contributed by atoms with van der Waals surface area (Å²) >= 11 is 0. The van der Waals surface area contributed by atoms with Crippen molar-refractivity contribution in [2.75, 3.05) is 16.8 Å². The first-order valence-electron chi connectivity index (χ1n) is 7.48. The van der Waals surface area contributed by atoms with Gasteiger partial charge < -0.3 is 10.6 Å². The lowest BCUT2D eigenvalue weighted by atomic mass is 10.2. The summed E-state index contributed by atoms with van der Waals surface area (Å²) in [4.78, 5) is 24.2. The maximum absolute atomic E-state index is 12.1. The third-order valence-corrected chi connectivity index (χ3v) is 5.44. The van der Waals surface area contributed by atoms with Crippen molar-refractivity contribution in [2.45, 2.75) is 19.0 Å². The Morgan fingerprint density at radius 3 is 2.62 bits per heavy atom. The monoisotopic (exact) mass is 347 g/mol. The van der Waals surface area contributed by atoms with E-state index in [1.54, 1.807) is 12.4 Å². The molecule has 3 rings (SSSR count). The summed E-state index contributed by atoms with van der Waals surface area (Å²) in [6, 6.07) is 3.42. The van der Waals surface area contributed by atoms with Gasteiger partial charge in [-0.3, -0.25) is 9.78 Å². The number of amides is 1. The molecule has 1 aliphatic rings. The van der Waals surface area contributed by atoms with Gasteiger partial charge >= 0.3 is 0 Å². The molecule has 2 N–H and O–H groups in total. The van der Waals surface area contributed by atoms with Gasteiger partial charge in [-0.15, -0.1) is 0 Å². The van der Waals surface area contributed by atoms with Gasteiger partial charge in [0.1, 0.15) is 11.5 Å². The average molecular weight is 347 g/mol. The van der Waals surface area contributed by atoms with Gasteiger partial charge in [0.05, 0.1) is 23.9 Å². The third-order valence-electron chi connectivity index (χ3n) is 3.68. The van der Waals surface area contributed by atoms with E-state index in [0.29, 0.717) is 18.8 Å². The smallest absolute Gasteiger partial charge is 0.271 e. The minimum Gasteiger partial charge on any atom is -0.365 e. The topological polar surface area (TPSA) is 114 Å². The lowest BCUT2D eigenvalue weighted by Crippen LogP contribution is -2.36. The Hall–Kier alpha value is -2.55. The van der Waals surface area contributed by atoms with E-state index in [0.717, 1.165) is 5.56 Å². The highest BCUT2D eigenvalue weighted by Crippen LogP contribution is 2.12. The van der Waals surface area contributed by atoms with Crippen LogP contribution in [-0.2, 0) is 16.4 Å². The summed E-state index contributed by atoms with van der Waals surface area (Å²) in [6.45, 7) is 0.572. The second-order valence-corrected chi connectivity index (χ2v) is 7.80. The number of pyridine rings is 1. The molecule has 0 aromatic carbocycles. The molecule has 126 valence electrons. The van der Waals surface area contributed by atoms with Crippen molar-refractivity contribution in [2.24, 2.45) is 0 Å². The highest BCUT2D eigenvalue weighted by Gasteiger charge is 2.29. The number of anilines is 1. The van der Waals surface area contributed by atoms with Gasteiger partial charge in [-0.25, -0.2) is 18.4 Å². The van der Waals surface area contributed by atoms with Crippen molar-refractivity contribution in [1.82, 2.24) is 20.3 Å². The second kappa shape index (κ2) is 6.91. The van der Waals surface area contributed by atoms with Crippen LogP contribution < -0.4 is 10.6 Å². The fourth-order valence-electron chi connectivity index (χ4n) is 2.40. The largest absolute Gasteiger partial charge is 0.365 e. The molecule has 0 radical (unpaired) electrons. The Morgan fingerprint density at radius 2 is 2.00 bits per heavy atom. The van der Waals surface area contributed by atoms with Crippen LogP contribution in [0.1, 0.15) is 22.5 Å². The fourth-order valence-corrected chi connectivity index (χ4v) is 4.07. The molecule has 1 aliphatic heterocycles. The molecule has 2 aromatic heterocycles. The van der Waals surface area contributed by atoms with Gasteiger partial charge in [-0.2, -0.15) is 0 Å². The zero-order valence-electron chi connectivity index (χ0n) is 12.8. The molecule has 1 amide bonds. The Morgan fingerprint density at radius 1 is 1.21 bits per heavy atom. The van der Waals surface area contributed by atoms with Crippen LogP contribution in [0.15, 0.2) is 36.9 Å². The molecular weight excluding hydrogens is 330 g/mol. The highest BCUT2D eigenvalue weighted by atomic mass is 32.2. The first-order valence-corrected chi connectivity index (χ1v) is 9.30. The average Bonchev–Trinajstić information content (AvgIpc) is 2.93. The quantitative estimate of drug-likeness (QED) is 0.804. The maximum Gasteiger partial charge on any atom is 0.271 e. The molecule has 24 heavy (non-hydrogen) atoms. The van der Waals surface area contributed by atoms with Gasteiger partial charge in [0, 0.05) is 25.0 Å². The molecule has 0 bridgehead atoms. The first kappa shape index (κ1) is 16.3. The summed E-state index contributed by atoms with van der Waals surface area (Å²) < 4.78 is 22.8. The van der Waals surface area contributed by atoms with Gasteiger partial charge in [0.15, 0.2) is 9.84 Å². The van der Waals surface area contributed by atoms with E-state index in [1.165, 1.54) is 12.4 Å². The molecule has 2 aromatic rings. The van der Waals surface area contributed by atoms with Crippen molar-refractivity contribution in [3.63, 3.8) is 0 Å². The van der Waals surface area contributed by atoms with Crippen LogP contribution in [-0.4, -0.2) is 46.8 Å². The molecule has 1 fully saturated rings. The number of carbonyl (C=O) groups excluding carboxylic acids is 1. The number of aromatic nitrogens is 3. The predicted octanol–water partition coefficient (Wildman–Crippen LogP) is 0.401. The zero-order valence-corrected chi connectivity index (χ0v) is 13.7. The molecule has 0 aliphatic carbocycles. The molecule has 1 saturated heterocycles. The van der Waals surface area contributed by atoms with Crippen molar-refractivity contribution in [1.29, 1.82) is 0 Å². The summed E-state index contributed by atoms with van der Waals surface area (Å²) in [5, 5.41) is 5.78. The minimum absolute atomic E-state index is 0.0161. The molecule has 9 heteroatoms. The number of hydrogen-bond acceptors (Lipinski definition) is 7. The molecule has 1 unspecified atom stereocenters. The van der Waals surface area contributed by atoms with E-state index in [9.17, 15) is 13.2 Å². The Labute approximate surface area is 139 Å². The summed E-state index contributed by atoms with van der Waals surface area (Å²) in [7, 11) is -3.03. The number of nitrogens with zero attached hydrogens (tertiary/aromatic N) is 3. The van der Waals surface area contributed by atoms with Crippen LogP contribution in [0.3, 0.4) is 0 Å². The number of rotatable bonds is 5. The van der Waals surface area contributed by atoms with Gasteiger partial charge in [0.2, 0.25) is 0 Å². The number of hydrogen-bond donors (Lipinski definition) is 2. The van der Waals surface area contributed by atoms with E-state index >= 15 is 0 Å². The van der Waals surface area contributed by atoms with Crippen LogP contribution in [0.2, 0.25) is 0 Å².